The van der Waals surface area contributed by atoms with Gasteiger partial charge in [-0.1, -0.05) is 11.6 Å². The van der Waals surface area contributed by atoms with E-state index < -0.39 is 17.0 Å². The molecule has 2 aliphatic heterocycles. The first-order valence-electron chi connectivity index (χ1n) is 10.5. The number of anilines is 2. The Morgan fingerprint density at radius 1 is 1.13 bits per heavy atom. The summed E-state index contributed by atoms with van der Waals surface area (Å²) in [5, 5.41) is 14.6. The average Bonchev–Trinajstić information content (AvgIpc) is 3.10. The zero-order valence-electron chi connectivity index (χ0n) is 16.6. The average molecular weight is 449 g/mol. The maximum Gasteiger partial charge on any atom is 0.225 e. The number of aliphatic hydroxyl groups is 1. The lowest BCUT2D eigenvalue weighted by Gasteiger charge is -2.47. The molecule has 0 amide bonds. The van der Waals surface area contributed by atoms with Crippen molar-refractivity contribution in [3.05, 3.63) is 29.4 Å². The molecule has 0 bridgehead atoms. The Balaban J connectivity index is 1.20. The van der Waals surface area contributed by atoms with E-state index in [4.69, 9.17) is 11.6 Å². The molecule has 2 fully saturated rings. The molecule has 3 unspecified atom stereocenters. The number of fused-ring (bicyclic) bond motifs is 1. The van der Waals surface area contributed by atoms with Gasteiger partial charge >= 0.3 is 0 Å². The Kier molecular flexibility index (Phi) is 5.59. The van der Waals surface area contributed by atoms with Gasteiger partial charge in [0.2, 0.25) is 5.95 Å². The molecule has 5 rings (SSSR count). The van der Waals surface area contributed by atoms with E-state index in [0.717, 1.165) is 50.4 Å². The molecule has 0 aromatic carbocycles. The van der Waals surface area contributed by atoms with Crippen molar-refractivity contribution < 1.29 is 9.32 Å². The lowest BCUT2D eigenvalue weighted by molar-refractivity contribution is -0.00597. The van der Waals surface area contributed by atoms with E-state index in [1.807, 2.05) is 0 Å². The van der Waals surface area contributed by atoms with Crippen LogP contribution in [-0.4, -0.2) is 54.3 Å². The highest BCUT2D eigenvalue weighted by molar-refractivity contribution is 7.85. The van der Waals surface area contributed by atoms with Gasteiger partial charge in [0, 0.05) is 31.2 Å². The predicted molar refractivity (Wildman–Crippen MR) is 115 cm³/mol. The minimum Gasteiger partial charge on any atom is -0.373 e. The van der Waals surface area contributed by atoms with Gasteiger partial charge in [-0.2, -0.15) is 0 Å². The van der Waals surface area contributed by atoms with Gasteiger partial charge < -0.3 is 15.3 Å². The monoisotopic (exact) mass is 448 g/mol. The number of hydrogen-bond acceptors (Lipinski definition) is 8. The van der Waals surface area contributed by atoms with Gasteiger partial charge in [-0.05, 0) is 37.5 Å². The van der Waals surface area contributed by atoms with Crippen LogP contribution in [0, 0.1) is 17.8 Å². The van der Waals surface area contributed by atoms with Crippen LogP contribution in [0.4, 0.5) is 11.8 Å². The summed E-state index contributed by atoms with van der Waals surface area (Å²) in [4.78, 5) is 20.0. The quantitative estimate of drug-likeness (QED) is 0.671. The van der Waals surface area contributed by atoms with E-state index >= 15 is 0 Å². The first-order chi connectivity index (χ1) is 14.6. The molecule has 8 nitrogen and oxygen atoms in total. The minimum absolute atomic E-state index is 0.189. The van der Waals surface area contributed by atoms with E-state index in [9.17, 15) is 9.32 Å². The van der Waals surface area contributed by atoms with Gasteiger partial charge in [0.15, 0.2) is 0 Å². The molecule has 3 aliphatic rings. The summed E-state index contributed by atoms with van der Waals surface area (Å²) in [7, 11) is -1.08. The third-order valence-electron chi connectivity index (χ3n) is 6.74. The molecule has 2 aromatic heterocycles. The fourth-order valence-corrected chi connectivity index (χ4v) is 6.42. The molecule has 4 heterocycles. The molecule has 1 aliphatic carbocycles. The molecule has 2 N–H and O–H groups in total. The standard InChI is InChI=1S/C20H25ClN6O2S/c21-13-9-22-20(23-10-13)27-6-3-12(4-7-27)14-1-2-15(14)19(28)26-18-17-16(24-11-25-18)5-8-30(17)29/h9-12,14-15,19,28H,1-8H2,(H,24,25,26)/t14?,15?,19-,30?/m1/s1. The Hall–Kier alpha value is -1.84. The summed E-state index contributed by atoms with van der Waals surface area (Å²) in [5.74, 6) is 3.10. The lowest BCUT2D eigenvalue weighted by Crippen LogP contribution is -2.47. The van der Waals surface area contributed by atoms with Crippen molar-refractivity contribution in [3.63, 3.8) is 0 Å². The SMILES string of the molecule is O=S1CCc2ncnc(N[C@H](O)C3CCC3C3CCN(c4ncc(Cl)cn4)CC3)c21. The van der Waals surface area contributed by atoms with Crippen molar-refractivity contribution in [1.82, 2.24) is 19.9 Å². The topological polar surface area (TPSA) is 104 Å². The zero-order chi connectivity index (χ0) is 20.7. The second-order valence-electron chi connectivity index (χ2n) is 8.32. The highest BCUT2D eigenvalue weighted by Gasteiger charge is 2.42. The Morgan fingerprint density at radius 2 is 1.90 bits per heavy atom. The van der Waals surface area contributed by atoms with Gasteiger partial charge in [0.1, 0.15) is 23.3 Å². The van der Waals surface area contributed by atoms with Crippen molar-refractivity contribution in [2.75, 3.05) is 29.1 Å². The summed E-state index contributed by atoms with van der Waals surface area (Å²) < 4.78 is 12.3. The Labute approximate surface area is 183 Å². The molecule has 2 aromatic rings. The first-order valence-corrected chi connectivity index (χ1v) is 12.2. The van der Waals surface area contributed by atoms with Crippen LogP contribution in [0.2, 0.25) is 5.02 Å². The van der Waals surface area contributed by atoms with E-state index in [2.05, 4.69) is 30.2 Å². The highest BCUT2D eigenvalue weighted by Crippen LogP contribution is 2.45. The maximum absolute atomic E-state index is 12.3. The van der Waals surface area contributed by atoms with E-state index in [-0.39, 0.29) is 5.92 Å². The fraction of sp³-hybridized carbons (Fsp3) is 0.600. The number of nitrogens with zero attached hydrogens (tertiary/aromatic N) is 5. The van der Waals surface area contributed by atoms with Crippen molar-refractivity contribution in [3.8, 4) is 0 Å². The van der Waals surface area contributed by atoms with E-state index in [1.165, 1.54) is 6.33 Å². The predicted octanol–water partition coefficient (Wildman–Crippen LogP) is 2.26. The zero-order valence-corrected chi connectivity index (χ0v) is 18.1. The van der Waals surface area contributed by atoms with E-state index in [1.54, 1.807) is 12.4 Å². The molecule has 0 radical (unpaired) electrons. The highest BCUT2D eigenvalue weighted by atomic mass is 35.5. The van der Waals surface area contributed by atoms with Crippen LogP contribution in [0.5, 0.6) is 0 Å². The number of hydrogen-bond donors (Lipinski definition) is 2. The smallest absolute Gasteiger partial charge is 0.225 e. The number of aliphatic hydroxyl groups excluding tert-OH is 1. The molecule has 10 heteroatoms. The van der Waals surface area contributed by atoms with Crippen molar-refractivity contribution in [1.29, 1.82) is 0 Å². The minimum atomic E-state index is -1.08. The number of nitrogens with one attached hydrogen (secondary N) is 1. The van der Waals surface area contributed by atoms with Crippen LogP contribution < -0.4 is 10.2 Å². The van der Waals surface area contributed by atoms with Crippen molar-refractivity contribution in [2.24, 2.45) is 17.8 Å². The van der Waals surface area contributed by atoms with Crippen molar-refractivity contribution in [2.45, 2.75) is 43.2 Å². The van der Waals surface area contributed by atoms with Crippen LogP contribution in [-0.2, 0) is 17.2 Å². The molecule has 4 atom stereocenters. The second kappa shape index (κ2) is 8.36. The lowest BCUT2D eigenvalue weighted by atomic mass is 9.64. The third kappa shape index (κ3) is 3.78. The summed E-state index contributed by atoms with van der Waals surface area (Å²) in [6, 6.07) is 0. The molecule has 30 heavy (non-hydrogen) atoms. The Morgan fingerprint density at radius 3 is 2.60 bits per heavy atom. The second-order valence-corrected chi connectivity index (χ2v) is 10.3. The van der Waals surface area contributed by atoms with Crippen LogP contribution in [0.25, 0.3) is 0 Å². The third-order valence-corrected chi connectivity index (χ3v) is 8.39. The van der Waals surface area contributed by atoms with Gasteiger partial charge in [-0.25, -0.2) is 19.9 Å². The molecule has 1 saturated carbocycles. The van der Waals surface area contributed by atoms with Crippen LogP contribution in [0.15, 0.2) is 23.6 Å². The van der Waals surface area contributed by atoms with Gasteiger partial charge in [-0.15, -0.1) is 0 Å². The fourth-order valence-electron chi connectivity index (χ4n) is 4.99. The van der Waals surface area contributed by atoms with Gasteiger partial charge in [-0.3, -0.25) is 4.21 Å². The maximum atomic E-state index is 12.3. The number of rotatable bonds is 5. The largest absolute Gasteiger partial charge is 0.373 e. The van der Waals surface area contributed by atoms with Crippen LogP contribution in [0.3, 0.4) is 0 Å². The van der Waals surface area contributed by atoms with Gasteiger partial charge in [0.05, 0.1) is 33.9 Å². The van der Waals surface area contributed by atoms with E-state index in [0.29, 0.717) is 39.7 Å². The number of aryl methyl sites for hydroxylation is 1. The molecule has 1 saturated heterocycles. The number of aromatic nitrogens is 4. The molecule has 0 spiro atoms. The van der Waals surface area contributed by atoms with Crippen molar-refractivity contribution >= 4 is 34.2 Å². The summed E-state index contributed by atoms with van der Waals surface area (Å²) >= 11 is 5.89. The number of halogens is 1. The normalized spacial score (nSPS) is 27.4. The Bertz CT molecular complexity index is 937. The molecular formula is C20H25ClN6O2S. The molecule has 160 valence electrons. The molecular weight excluding hydrogens is 424 g/mol. The first kappa shape index (κ1) is 20.1. The number of piperidine rings is 1. The summed E-state index contributed by atoms with van der Waals surface area (Å²) in [5.41, 5.74) is 0.833. The van der Waals surface area contributed by atoms with Crippen LogP contribution >= 0.6 is 11.6 Å². The summed E-state index contributed by atoms with van der Waals surface area (Å²) in [6.45, 7) is 1.83. The van der Waals surface area contributed by atoms with Crippen LogP contribution in [0.1, 0.15) is 31.4 Å². The summed E-state index contributed by atoms with van der Waals surface area (Å²) in [6.07, 6.45) is 9.04. The van der Waals surface area contributed by atoms with Gasteiger partial charge in [0.25, 0.3) is 0 Å².